The number of piperazine rings is 1. The highest BCUT2D eigenvalue weighted by Crippen LogP contribution is 2.22. The van der Waals surface area contributed by atoms with E-state index in [1.807, 2.05) is 42.5 Å². The van der Waals surface area contributed by atoms with E-state index in [0.717, 1.165) is 11.3 Å². The maximum atomic E-state index is 13.2. The van der Waals surface area contributed by atoms with E-state index >= 15 is 0 Å². The molecule has 1 aliphatic rings. The van der Waals surface area contributed by atoms with Gasteiger partial charge in [0, 0.05) is 38.4 Å². The van der Waals surface area contributed by atoms with Gasteiger partial charge >= 0.3 is 5.97 Å². The fourth-order valence-corrected chi connectivity index (χ4v) is 5.44. The van der Waals surface area contributed by atoms with E-state index in [-0.39, 0.29) is 17.0 Å². The number of sulfonamides is 1. The van der Waals surface area contributed by atoms with Gasteiger partial charge in [0.25, 0.3) is 5.91 Å². The average Bonchev–Trinajstić information content (AvgIpc) is 2.95. The summed E-state index contributed by atoms with van der Waals surface area (Å²) in [7, 11) is -2.22. The van der Waals surface area contributed by atoms with Crippen molar-refractivity contribution in [3.05, 3.63) is 90.0 Å². The Kier molecular flexibility index (Phi) is 8.42. The fraction of sp³-hybridized carbons (Fsp3) is 0.259. The van der Waals surface area contributed by atoms with E-state index in [1.54, 1.807) is 19.2 Å². The van der Waals surface area contributed by atoms with Gasteiger partial charge in [0.15, 0.2) is 6.61 Å². The molecule has 0 atom stereocenters. The summed E-state index contributed by atoms with van der Waals surface area (Å²) in [5, 5.41) is 2.67. The minimum Gasteiger partial charge on any atom is -0.497 e. The highest BCUT2D eigenvalue weighted by molar-refractivity contribution is 7.89. The third-order valence-corrected chi connectivity index (χ3v) is 7.95. The summed E-state index contributed by atoms with van der Waals surface area (Å²) in [6, 6.07) is 22.7. The third-order valence-electron chi connectivity index (χ3n) is 6.05. The van der Waals surface area contributed by atoms with Crippen LogP contribution < -0.4 is 15.0 Å². The van der Waals surface area contributed by atoms with Crippen molar-refractivity contribution < 1.29 is 27.5 Å². The lowest BCUT2D eigenvalue weighted by molar-refractivity contribution is -0.124. The molecule has 1 aliphatic heterocycles. The van der Waals surface area contributed by atoms with Crippen LogP contribution in [0.15, 0.2) is 83.8 Å². The molecule has 0 unspecified atom stereocenters. The second-order valence-electron chi connectivity index (χ2n) is 8.46. The first-order chi connectivity index (χ1) is 17.9. The summed E-state index contributed by atoms with van der Waals surface area (Å²) < 4.78 is 38.1. The Balaban J connectivity index is 1.30. The number of amides is 1. The number of carbonyl (C=O) groups is 2. The molecule has 0 saturated carbocycles. The number of hydrogen-bond donors (Lipinski definition) is 1. The molecular formula is C27H29N3O6S. The minimum atomic E-state index is -3.79. The van der Waals surface area contributed by atoms with E-state index in [4.69, 9.17) is 9.47 Å². The van der Waals surface area contributed by atoms with Gasteiger partial charge in [-0.3, -0.25) is 4.79 Å². The predicted octanol–water partition coefficient (Wildman–Crippen LogP) is 2.68. The molecule has 1 N–H and O–H groups in total. The smallest absolute Gasteiger partial charge is 0.338 e. The maximum Gasteiger partial charge on any atom is 0.338 e. The first kappa shape index (κ1) is 26.2. The summed E-state index contributed by atoms with van der Waals surface area (Å²) in [5.74, 6) is -0.530. The van der Waals surface area contributed by atoms with Gasteiger partial charge in [0.05, 0.1) is 17.6 Å². The lowest BCUT2D eigenvalue weighted by Gasteiger charge is -2.35. The van der Waals surface area contributed by atoms with Crippen molar-refractivity contribution in [3.8, 4) is 5.75 Å². The third kappa shape index (κ3) is 6.66. The van der Waals surface area contributed by atoms with Crippen LogP contribution in [0.4, 0.5) is 5.69 Å². The van der Waals surface area contributed by atoms with Gasteiger partial charge in [0.1, 0.15) is 5.75 Å². The Bertz CT molecular complexity index is 1320. The Morgan fingerprint density at radius 1 is 0.892 bits per heavy atom. The standard InChI is InChI=1S/C27H29N3O6S/c1-35-24-12-10-21(11-13-24)19-28-26(31)20-36-27(32)22-6-5-9-25(18-22)37(33,34)30-16-14-29(15-17-30)23-7-3-2-4-8-23/h2-13,18H,14-17,19-20H2,1H3,(H,28,31). The fourth-order valence-electron chi connectivity index (χ4n) is 3.97. The van der Waals surface area contributed by atoms with Crippen molar-refractivity contribution in [2.75, 3.05) is 44.8 Å². The van der Waals surface area contributed by atoms with Gasteiger partial charge in [0.2, 0.25) is 10.0 Å². The molecule has 3 aromatic rings. The molecule has 0 aromatic heterocycles. The van der Waals surface area contributed by atoms with Crippen LogP contribution in [0.25, 0.3) is 0 Å². The van der Waals surface area contributed by atoms with Crippen molar-refractivity contribution in [1.29, 1.82) is 0 Å². The minimum absolute atomic E-state index is 0.0130. The number of esters is 1. The lowest BCUT2D eigenvalue weighted by Crippen LogP contribution is -2.48. The van der Waals surface area contributed by atoms with Crippen molar-refractivity contribution >= 4 is 27.6 Å². The molecule has 1 heterocycles. The molecule has 10 heteroatoms. The van der Waals surface area contributed by atoms with Crippen LogP contribution in [0, 0.1) is 0 Å². The highest BCUT2D eigenvalue weighted by Gasteiger charge is 2.29. The summed E-state index contributed by atoms with van der Waals surface area (Å²) in [6.45, 7) is 1.59. The number of nitrogens with one attached hydrogen (secondary N) is 1. The van der Waals surface area contributed by atoms with E-state index in [1.165, 1.54) is 28.6 Å². The monoisotopic (exact) mass is 523 g/mol. The Morgan fingerprint density at radius 2 is 1.59 bits per heavy atom. The summed E-state index contributed by atoms with van der Waals surface area (Å²) >= 11 is 0. The van der Waals surface area contributed by atoms with Crippen molar-refractivity contribution in [2.45, 2.75) is 11.4 Å². The van der Waals surface area contributed by atoms with Crippen molar-refractivity contribution in [1.82, 2.24) is 9.62 Å². The SMILES string of the molecule is COc1ccc(CNC(=O)COC(=O)c2cccc(S(=O)(=O)N3CCN(c4ccccc4)CC3)c2)cc1. The van der Waals surface area contributed by atoms with Crippen LogP contribution in [-0.4, -0.2) is 64.5 Å². The van der Waals surface area contributed by atoms with E-state index in [0.29, 0.717) is 31.9 Å². The topological polar surface area (TPSA) is 105 Å². The number of nitrogens with zero attached hydrogens (tertiary/aromatic N) is 2. The first-order valence-corrected chi connectivity index (χ1v) is 13.3. The van der Waals surface area contributed by atoms with E-state index in [2.05, 4.69) is 10.2 Å². The zero-order valence-corrected chi connectivity index (χ0v) is 21.3. The lowest BCUT2D eigenvalue weighted by atomic mass is 10.2. The Labute approximate surface area is 216 Å². The van der Waals surface area contributed by atoms with E-state index < -0.39 is 28.5 Å². The average molecular weight is 524 g/mol. The normalized spacial score (nSPS) is 14.1. The second kappa shape index (κ2) is 11.9. The zero-order valence-electron chi connectivity index (χ0n) is 20.5. The van der Waals surface area contributed by atoms with Crippen LogP contribution in [0.3, 0.4) is 0 Å². The molecule has 0 radical (unpaired) electrons. The number of anilines is 1. The molecule has 9 nitrogen and oxygen atoms in total. The van der Waals surface area contributed by atoms with Crippen LogP contribution >= 0.6 is 0 Å². The van der Waals surface area contributed by atoms with Crippen LogP contribution in [0.2, 0.25) is 0 Å². The van der Waals surface area contributed by atoms with Gasteiger partial charge in [-0.15, -0.1) is 0 Å². The van der Waals surface area contributed by atoms with E-state index in [9.17, 15) is 18.0 Å². The quantitative estimate of drug-likeness (QED) is 0.430. The van der Waals surface area contributed by atoms with Crippen LogP contribution in [0.5, 0.6) is 5.75 Å². The van der Waals surface area contributed by atoms with Gasteiger partial charge in [-0.25, -0.2) is 13.2 Å². The molecular weight excluding hydrogens is 494 g/mol. The van der Waals surface area contributed by atoms with Crippen molar-refractivity contribution in [3.63, 3.8) is 0 Å². The first-order valence-electron chi connectivity index (χ1n) is 11.8. The van der Waals surface area contributed by atoms with Crippen LogP contribution in [0.1, 0.15) is 15.9 Å². The van der Waals surface area contributed by atoms with Crippen LogP contribution in [-0.2, 0) is 26.1 Å². The molecule has 1 fully saturated rings. The molecule has 0 spiro atoms. The number of rotatable bonds is 9. The number of carbonyl (C=O) groups excluding carboxylic acids is 2. The number of benzene rings is 3. The molecule has 37 heavy (non-hydrogen) atoms. The molecule has 0 bridgehead atoms. The predicted molar refractivity (Wildman–Crippen MR) is 139 cm³/mol. The number of methoxy groups -OCH3 is 1. The van der Waals surface area contributed by atoms with Gasteiger partial charge < -0.3 is 19.7 Å². The Morgan fingerprint density at radius 3 is 2.27 bits per heavy atom. The highest BCUT2D eigenvalue weighted by atomic mass is 32.2. The molecule has 3 aromatic carbocycles. The van der Waals surface area contributed by atoms with Crippen molar-refractivity contribution in [2.24, 2.45) is 0 Å². The van der Waals surface area contributed by atoms with Gasteiger partial charge in [-0.1, -0.05) is 36.4 Å². The Hall–Kier alpha value is -3.89. The second-order valence-corrected chi connectivity index (χ2v) is 10.4. The summed E-state index contributed by atoms with van der Waals surface area (Å²) in [5.41, 5.74) is 1.98. The molecule has 0 aliphatic carbocycles. The molecule has 4 rings (SSSR count). The molecule has 194 valence electrons. The largest absolute Gasteiger partial charge is 0.497 e. The number of hydrogen-bond acceptors (Lipinski definition) is 7. The summed E-state index contributed by atoms with van der Waals surface area (Å²) in [6.07, 6.45) is 0. The maximum absolute atomic E-state index is 13.2. The number of para-hydroxylation sites is 1. The van der Waals surface area contributed by atoms with Gasteiger partial charge in [-0.05, 0) is 48.0 Å². The number of ether oxygens (including phenoxy) is 2. The van der Waals surface area contributed by atoms with Gasteiger partial charge in [-0.2, -0.15) is 4.31 Å². The molecule has 1 saturated heterocycles. The molecule has 1 amide bonds. The summed E-state index contributed by atoms with van der Waals surface area (Å²) in [4.78, 5) is 26.8. The zero-order chi connectivity index (χ0) is 26.3.